The molecule has 1 aromatic heterocycles. The van der Waals surface area contributed by atoms with E-state index in [9.17, 15) is 0 Å². The molecule has 2 aromatic rings. The molecule has 4 N–H and O–H groups in total. The summed E-state index contributed by atoms with van der Waals surface area (Å²) in [5, 5.41) is 7.52. The fraction of sp³-hybridized carbons (Fsp3) is 0.333. The molecular formula is C18H21Cl2N5. The normalized spacial score (nSPS) is 14.1. The molecule has 25 heavy (non-hydrogen) atoms. The molecule has 132 valence electrons. The van der Waals surface area contributed by atoms with Crippen molar-refractivity contribution >= 4 is 46.2 Å². The first kappa shape index (κ1) is 17.8. The van der Waals surface area contributed by atoms with Crippen LogP contribution in [0.15, 0.2) is 36.2 Å². The predicted molar refractivity (Wildman–Crippen MR) is 106 cm³/mol. The fourth-order valence-corrected chi connectivity index (χ4v) is 3.40. The highest BCUT2D eigenvalue weighted by atomic mass is 35.5. The molecule has 0 radical (unpaired) electrons. The van der Waals surface area contributed by atoms with Crippen LogP contribution in [0.4, 0.5) is 23.0 Å². The quantitative estimate of drug-likeness (QED) is 0.586. The smallest absolute Gasteiger partial charge is 0.159 e. The van der Waals surface area contributed by atoms with Crippen molar-refractivity contribution in [3.8, 4) is 0 Å². The molecule has 1 heterocycles. The van der Waals surface area contributed by atoms with E-state index in [1.165, 1.54) is 37.6 Å². The second-order valence-electron chi connectivity index (χ2n) is 6.05. The molecule has 0 amide bonds. The molecule has 0 saturated heterocycles. The molecule has 0 unspecified atom stereocenters. The summed E-state index contributed by atoms with van der Waals surface area (Å²) >= 11 is 12.0. The van der Waals surface area contributed by atoms with Gasteiger partial charge in [0.1, 0.15) is 12.0 Å². The third-order valence-corrected chi connectivity index (χ3v) is 4.57. The Bertz CT molecular complexity index is 756. The van der Waals surface area contributed by atoms with Crippen molar-refractivity contribution in [3.05, 3.63) is 46.2 Å². The van der Waals surface area contributed by atoms with Gasteiger partial charge in [-0.15, -0.1) is 0 Å². The van der Waals surface area contributed by atoms with E-state index in [0.717, 1.165) is 18.7 Å². The Labute approximate surface area is 157 Å². The number of benzene rings is 1. The summed E-state index contributed by atoms with van der Waals surface area (Å²) in [5.41, 5.74) is 8.90. The molecule has 1 aromatic carbocycles. The maximum atomic E-state index is 6.20. The monoisotopic (exact) mass is 377 g/mol. The molecule has 0 fully saturated rings. The number of nitrogens with two attached hydrogens (primary N) is 1. The summed E-state index contributed by atoms with van der Waals surface area (Å²) in [6.07, 6.45) is 9.83. The van der Waals surface area contributed by atoms with Crippen molar-refractivity contribution in [2.75, 3.05) is 22.9 Å². The van der Waals surface area contributed by atoms with E-state index < -0.39 is 0 Å². The lowest BCUT2D eigenvalue weighted by Crippen LogP contribution is -2.10. The lowest BCUT2D eigenvalue weighted by Gasteiger charge is -2.15. The summed E-state index contributed by atoms with van der Waals surface area (Å²) in [5.74, 6) is 1.15. The lowest BCUT2D eigenvalue weighted by molar-refractivity contribution is 0.679. The minimum atomic E-state index is 0.469. The highest BCUT2D eigenvalue weighted by Gasteiger charge is 2.10. The van der Waals surface area contributed by atoms with Gasteiger partial charge in [0.2, 0.25) is 0 Å². The fourth-order valence-electron chi connectivity index (χ4n) is 2.87. The van der Waals surface area contributed by atoms with Crippen LogP contribution < -0.4 is 16.4 Å². The topological polar surface area (TPSA) is 75.9 Å². The van der Waals surface area contributed by atoms with Crippen LogP contribution in [0.25, 0.3) is 0 Å². The van der Waals surface area contributed by atoms with Crippen LogP contribution in [0.3, 0.4) is 0 Å². The molecule has 1 aliphatic carbocycles. The van der Waals surface area contributed by atoms with Gasteiger partial charge in [0.25, 0.3) is 0 Å². The van der Waals surface area contributed by atoms with Crippen molar-refractivity contribution < 1.29 is 0 Å². The highest BCUT2D eigenvalue weighted by molar-refractivity contribution is 6.35. The number of nitrogen functional groups attached to an aromatic ring is 1. The van der Waals surface area contributed by atoms with Crippen molar-refractivity contribution in [2.24, 2.45) is 0 Å². The Balaban J connectivity index is 1.66. The van der Waals surface area contributed by atoms with E-state index in [-0.39, 0.29) is 0 Å². The van der Waals surface area contributed by atoms with Gasteiger partial charge in [0.15, 0.2) is 11.6 Å². The lowest BCUT2D eigenvalue weighted by atomic mass is 9.97. The Morgan fingerprint density at radius 3 is 2.52 bits per heavy atom. The Morgan fingerprint density at radius 1 is 1.04 bits per heavy atom. The second-order valence-corrected chi connectivity index (χ2v) is 6.93. The number of allylic oxidation sites excluding steroid dienone is 1. The van der Waals surface area contributed by atoms with Gasteiger partial charge in [-0.05, 0) is 50.3 Å². The van der Waals surface area contributed by atoms with Crippen LogP contribution in [0.2, 0.25) is 10.0 Å². The zero-order valence-corrected chi connectivity index (χ0v) is 15.4. The minimum absolute atomic E-state index is 0.469. The summed E-state index contributed by atoms with van der Waals surface area (Å²) in [7, 11) is 0. The van der Waals surface area contributed by atoms with Gasteiger partial charge in [-0.3, -0.25) is 0 Å². The molecule has 0 atom stereocenters. The Morgan fingerprint density at radius 2 is 1.80 bits per heavy atom. The molecule has 0 spiro atoms. The average Bonchev–Trinajstić information content (AvgIpc) is 2.58. The summed E-state index contributed by atoms with van der Waals surface area (Å²) in [4.78, 5) is 8.45. The number of halogens is 2. The van der Waals surface area contributed by atoms with Gasteiger partial charge in [0, 0.05) is 22.3 Å². The standard InChI is InChI=1S/C18H21Cl2N5/c19-13-8-14(20)10-15(9-13)25-18-16(21)17(23-11-24-18)22-7-6-12-4-2-1-3-5-12/h4,8-11H,1-3,5-7,21H2,(H2,22,23,24,25). The van der Waals surface area contributed by atoms with E-state index in [0.29, 0.717) is 27.4 Å². The number of hydrogen-bond donors (Lipinski definition) is 3. The number of nitrogens with one attached hydrogen (secondary N) is 2. The first-order chi connectivity index (χ1) is 12.1. The van der Waals surface area contributed by atoms with E-state index in [4.69, 9.17) is 28.9 Å². The summed E-state index contributed by atoms with van der Waals surface area (Å²) < 4.78 is 0. The first-order valence-corrected chi connectivity index (χ1v) is 9.13. The molecular weight excluding hydrogens is 357 g/mol. The third kappa shape index (κ3) is 5.00. The first-order valence-electron chi connectivity index (χ1n) is 8.37. The van der Waals surface area contributed by atoms with Crippen molar-refractivity contribution in [1.29, 1.82) is 0 Å². The molecule has 3 rings (SSSR count). The predicted octanol–water partition coefficient (Wildman–Crippen LogP) is 5.41. The van der Waals surface area contributed by atoms with Crippen LogP contribution in [0.5, 0.6) is 0 Å². The number of nitrogens with zero attached hydrogens (tertiary/aromatic N) is 2. The molecule has 7 heteroatoms. The summed E-state index contributed by atoms with van der Waals surface area (Å²) in [6.45, 7) is 0.801. The molecule has 1 aliphatic rings. The number of hydrogen-bond acceptors (Lipinski definition) is 5. The van der Waals surface area contributed by atoms with E-state index in [2.05, 4.69) is 26.7 Å². The van der Waals surface area contributed by atoms with Crippen molar-refractivity contribution in [2.45, 2.75) is 32.1 Å². The van der Waals surface area contributed by atoms with E-state index in [1.54, 1.807) is 18.2 Å². The molecule has 0 saturated carbocycles. The van der Waals surface area contributed by atoms with Crippen LogP contribution in [-0.4, -0.2) is 16.5 Å². The van der Waals surface area contributed by atoms with Crippen LogP contribution >= 0.6 is 23.2 Å². The van der Waals surface area contributed by atoms with Gasteiger partial charge in [-0.2, -0.15) is 0 Å². The minimum Gasteiger partial charge on any atom is -0.393 e. The SMILES string of the molecule is Nc1c(NCCC2=CCCCC2)ncnc1Nc1cc(Cl)cc(Cl)c1. The van der Waals surface area contributed by atoms with E-state index in [1.807, 2.05) is 0 Å². The third-order valence-electron chi connectivity index (χ3n) is 4.13. The molecule has 0 aliphatic heterocycles. The van der Waals surface area contributed by atoms with Crippen molar-refractivity contribution in [3.63, 3.8) is 0 Å². The molecule has 5 nitrogen and oxygen atoms in total. The number of anilines is 4. The van der Waals surface area contributed by atoms with Crippen LogP contribution in [-0.2, 0) is 0 Å². The van der Waals surface area contributed by atoms with Crippen LogP contribution in [0, 0.1) is 0 Å². The second kappa shape index (κ2) is 8.41. The van der Waals surface area contributed by atoms with Gasteiger partial charge in [-0.1, -0.05) is 34.9 Å². The highest BCUT2D eigenvalue weighted by Crippen LogP contribution is 2.29. The Kier molecular flexibility index (Phi) is 6.00. The van der Waals surface area contributed by atoms with Crippen molar-refractivity contribution in [1.82, 2.24) is 9.97 Å². The van der Waals surface area contributed by atoms with Gasteiger partial charge >= 0.3 is 0 Å². The zero-order valence-electron chi connectivity index (χ0n) is 13.9. The maximum Gasteiger partial charge on any atom is 0.159 e. The van der Waals surface area contributed by atoms with E-state index >= 15 is 0 Å². The maximum absolute atomic E-state index is 6.20. The largest absolute Gasteiger partial charge is 0.393 e. The molecule has 0 bridgehead atoms. The average molecular weight is 378 g/mol. The number of aromatic nitrogens is 2. The number of rotatable bonds is 6. The Hall–Kier alpha value is -1.98. The van der Waals surface area contributed by atoms with Crippen LogP contribution in [0.1, 0.15) is 32.1 Å². The van der Waals surface area contributed by atoms with Gasteiger partial charge in [-0.25, -0.2) is 9.97 Å². The van der Waals surface area contributed by atoms with Gasteiger partial charge in [0.05, 0.1) is 0 Å². The summed E-state index contributed by atoms with van der Waals surface area (Å²) in [6, 6.07) is 5.19. The zero-order chi connectivity index (χ0) is 17.6. The van der Waals surface area contributed by atoms with Gasteiger partial charge < -0.3 is 16.4 Å².